The fourth-order valence-corrected chi connectivity index (χ4v) is 2.66. The van der Waals surface area contributed by atoms with Crippen LogP contribution >= 0.6 is 22.6 Å². The lowest BCUT2D eigenvalue weighted by Crippen LogP contribution is -2.47. The Morgan fingerprint density at radius 2 is 2.05 bits per heavy atom. The molecule has 5 nitrogen and oxygen atoms in total. The van der Waals surface area contributed by atoms with Crippen molar-refractivity contribution >= 4 is 34.5 Å². The quantitative estimate of drug-likeness (QED) is 0.523. The number of benzene rings is 1. The van der Waals surface area contributed by atoms with Crippen molar-refractivity contribution in [3.05, 3.63) is 33.4 Å². The molecule has 1 amide bonds. The van der Waals surface area contributed by atoms with E-state index in [0.717, 1.165) is 9.13 Å². The molecule has 0 saturated carbocycles. The molecule has 0 unspecified atom stereocenters. The first kappa shape index (κ1) is 18.9. The zero-order chi connectivity index (χ0) is 16.7. The molecule has 0 spiro atoms. The van der Waals surface area contributed by atoms with Crippen molar-refractivity contribution in [3.8, 4) is 0 Å². The van der Waals surface area contributed by atoms with Crippen LogP contribution in [0.2, 0.25) is 0 Å². The summed E-state index contributed by atoms with van der Waals surface area (Å²) in [6.45, 7) is 3.83. The predicted molar refractivity (Wildman–Crippen MR) is 92.3 cm³/mol. The first-order valence-corrected chi connectivity index (χ1v) is 8.22. The number of rotatable bonds is 7. The number of hydrogen-bond donors (Lipinski definition) is 2. The highest BCUT2D eigenvalue weighted by molar-refractivity contribution is 14.1. The summed E-state index contributed by atoms with van der Waals surface area (Å²) in [6.07, 6.45) is -0.449. The van der Waals surface area contributed by atoms with Crippen LogP contribution in [0.3, 0.4) is 0 Å². The van der Waals surface area contributed by atoms with Crippen LogP contribution in [0.15, 0.2) is 24.3 Å². The summed E-state index contributed by atoms with van der Waals surface area (Å²) in [7, 11) is 1.28. The van der Waals surface area contributed by atoms with Gasteiger partial charge in [0.15, 0.2) is 0 Å². The third kappa shape index (κ3) is 6.31. The highest BCUT2D eigenvalue weighted by Crippen LogP contribution is 2.11. The largest absolute Gasteiger partial charge is 0.467 e. The molecule has 1 rings (SSSR count). The number of amides is 1. The highest BCUT2D eigenvalue weighted by atomic mass is 127. The first-order valence-electron chi connectivity index (χ1n) is 7.14. The third-order valence-electron chi connectivity index (χ3n) is 3.13. The number of carbonyl (C=O) groups is 2. The number of ether oxygens (including phenoxy) is 1. The molecule has 0 fully saturated rings. The Morgan fingerprint density at radius 1 is 1.36 bits per heavy atom. The molecule has 22 heavy (non-hydrogen) atoms. The third-order valence-corrected chi connectivity index (χ3v) is 3.80. The number of methoxy groups -OCH3 is 1. The number of halogens is 1. The van der Waals surface area contributed by atoms with E-state index in [4.69, 9.17) is 4.74 Å². The minimum absolute atomic E-state index is 0.188. The number of nitrogens with one attached hydrogen (secondary N) is 1. The molecular formula is C16H22INO4. The second kappa shape index (κ2) is 9.09. The molecule has 122 valence electrons. The van der Waals surface area contributed by atoms with Crippen LogP contribution < -0.4 is 5.32 Å². The molecule has 0 aliphatic carbocycles. The lowest BCUT2D eigenvalue weighted by atomic mass is 10.0. The monoisotopic (exact) mass is 419 g/mol. The van der Waals surface area contributed by atoms with Crippen molar-refractivity contribution in [1.29, 1.82) is 0 Å². The molecule has 1 aromatic rings. The van der Waals surface area contributed by atoms with Gasteiger partial charge in [-0.15, -0.1) is 0 Å². The van der Waals surface area contributed by atoms with Gasteiger partial charge in [-0.3, -0.25) is 4.79 Å². The van der Waals surface area contributed by atoms with Gasteiger partial charge < -0.3 is 15.2 Å². The van der Waals surface area contributed by atoms with Crippen LogP contribution in [0.5, 0.6) is 0 Å². The lowest BCUT2D eigenvalue weighted by Gasteiger charge is -2.19. The van der Waals surface area contributed by atoms with Gasteiger partial charge in [0.2, 0.25) is 5.91 Å². The molecule has 6 heteroatoms. The lowest BCUT2D eigenvalue weighted by molar-refractivity contribution is -0.146. The predicted octanol–water partition coefficient (Wildman–Crippen LogP) is 1.90. The minimum Gasteiger partial charge on any atom is -0.467 e. The molecular weight excluding hydrogens is 397 g/mol. The molecule has 0 aromatic heterocycles. The van der Waals surface area contributed by atoms with Gasteiger partial charge in [-0.2, -0.15) is 0 Å². The van der Waals surface area contributed by atoms with Crippen molar-refractivity contribution in [2.24, 2.45) is 5.92 Å². The van der Waals surface area contributed by atoms with Crippen LogP contribution in [-0.4, -0.2) is 36.2 Å². The van der Waals surface area contributed by atoms with Crippen LogP contribution in [0.25, 0.3) is 0 Å². The molecule has 2 N–H and O–H groups in total. The van der Waals surface area contributed by atoms with Gasteiger partial charge in [-0.05, 0) is 52.6 Å². The van der Waals surface area contributed by atoms with E-state index in [2.05, 4.69) is 27.9 Å². The van der Waals surface area contributed by atoms with Gasteiger partial charge in [-0.25, -0.2) is 4.79 Å². The highest BCUT2D eigenvalue weighted by Gasteiger charge is 2.25. The Balaban J connectivity index is 2.77. The van der Waals surface area contributed by atoms with Gasteiger partial charge in [0.25, 0.3) is 0 Å². The number of aliphatic hydroxyl groups is 1. The summed E-state index contributed by atoms with van der Waals surface area (Å²) in [4.78, 5) is 23.9. The molecule has 2 atom stereocenters. The summed E-state index contributed by atoms with van der Waals surface area (Å²) in [5.74, 6) is -0.883. The van der Waals surface area contributed by atoms with Gasteiger partial charge in [0.1, 0.15) is 12.1 Å². The van der Waals surface area contributed by atoms with Crippen LogP contribution in [0, 0.1) is 9.49 Å². The maximum absolute atomic E-state index is 12.0. The smallest absolute Gasteiger partial charge is 0.328 e. The minimum atomic E-state index is -1.12. The average Bonchev–Trinajstić information content (AvgIpc) is 2.44. The van der Waals surface area contributed by atoms with E-state index in [0.29, 0.717) is 12.8 Å². The van der Waals surface area contributed by atoms with E-state index in [1.54, 1.807) is 0 Å². The Bertz CT molecular complexity index is 519. The van der Waals surface area contributed by atoms with Crippen molar-refractivity contribution in [2.45, 2.75) is 38.8 Å². The maximum atomic E-state index is 12.0. The van der Waals surface area contributed by atoms with E-state index in [1.807, 2.05) is 38.1 Å². The topological polar surface area (TPSA) is 75.6 Å². The van der Waals surface area contributed by atoms with Gasteiger partial charge in [0, 0.05) is 9.99 Å². The van der Waals surface area contributed by atoms with Crippen molar-refractivity contribution in [2.75, 3.05) is 7.11 Å². The Labute approximate surface area is 144 Å². The fraction of sp³-hybridized carbons (Fsp3) is 0.500. The van der Waals surface area contributed by atoms with Crippen molar-refractivity contribution < 1.29 is 19.4 Å². The molecule has 0 aliphatic heterocycles. The van der Waals surface area contributed by atoms with Crippen LogP contribution in [-0.2, 0) is 20.7 Å². The maximum Gasteiger partial charge on any atom is 0.328 e. The van der Waals surface area contributed by atoms with E-state index >= 15 is 0 Å². The second-order valence-electron chi connectivity index (χ2n) is 5.56. The molecule has 0 bridgehead atoms. The van der Waals surface area contributed by atoms with E-state index in [1.165, 1.54) is 7.11 Å². The van der Waals surface area contributed by atoms with E-state index in [9.17, 15) is 14.7 Å². The average molecular weight is 419 g/mol. The van der Waals surface area contributed by atoms with Crippen LogP contribution in [0.4, 0.5) is 0 Å². The standard InChI is InChI=1S/C16H22INO4/c1-10(2)7-14(19)15(20)18-13(16(21)22-3)9-11-5-4-6-12(17)8-11/h4-6,8,10,13-14,19H,7,9H2,1-3H3,(H,18,20)/t13-,14+/m1/s1. The van der Waals surface area contributed by atoms with E-state index in [-0.39, 0.29) is 5.92 Å². The summed E-state index contributed by atoms with van der Waals surface area (Å²) in [6, 6.07) is 6.85. The SMILES string of the molecule is COC(=O)[C@@H](Cc1cccc(I)c1)NC(=O)[C@@H](O)CC(C)C. The Morgan fingerprint density at radius 3 is 2.59 bits per heavy atom. The summed E-state index contributed by atoms with van der Waals surface area (Å²) < 4.78 is 5.79. The number of aliphatic hydroxyl groups excluding tert-OH is 1. The zero-order valence-electron chi connectivity index (χ0n) is 13.0. The second-order valence-corrected chi connectivity index (χ2v) is 6.81. The normalized spacial score (nSPS) is 13.5. The van der Waals surface area contributed by atoms with Gasteiger partial charge >= 0.3 is 5.97 Å². The molecule has 1 aromatic carbocycles. The number of carbonyl (C=O) groups excluding carboxylic acids is 2. The zero-order valence-corrected chi connectivity index (χ0v) is 15.2. The summed E-state index contributed by atoms with van der Waals surface area (Å²) in [5, 5.41) is 12.4. The Hall–Kier alpha value is -1.15. The summed E-state index contributed by atoms with van der Waals surface area (Å²) >= 11 is 2.18. The summed E-state index contributed by atoms with van der Waals surface area (Å²) in [5.41, 5.74) is 0.918. The molecule has 0 heterocycles. The fourth-order valence-electron chi connectivity index (χ4n) is 2.06. The van der Waals surface area contributed by atoms with E-state index < -0.39 is 24.0 Å². The van der Waals surface area contributed by atoms with Crippen LogP contribution in [0.1, 0.15) is 25.8 Å². The first-order chi connectivity index (χ1) is 10.3. The molecule has 0 radical (unpaired) electrons. The number of hydrogen-bond acceptors (Lipinski definition) is 4. The van der Waals surface area contributed by atoms with Gasteiger partial charge in [0.05, 0.1) is 7.11 Å². The van der Waals surface area contributed by atoms with Gasteiger partial charge in [-0.1, -0.05) is 26.0 Å². The Kier molecular flexibility index (Phi) is 7.81. The number of esters is 1. The molecule has 0 saturated heterocycles. The molecule has 0 aliphatic rings. The van der Waals surface area contributed by atoms with Crippen molar-refractivity contribution in [3.63, 3.8) is 0 Å². The van der Waals surface area contributed by atoms with Crippen molar-refractivity contribution in [1.82, 2.24) is 5.32 Å².